The Morgan fingerprint density at radius 3 is 2.52 bits per heavy atom. The number of H-pyrrole nitrogens is 1. The number of aromatic amines is 1. The van der Waals surface area contributed by atoms with E-state index in [9.17, 15) is 22.8 Å². The van der Waals surface area contributed by atoms with Crippen molar-refractivity contribution in [2.75, 3.05) is 0 Å². The first-order chi connectivity index (χ1) is 11.8. The van der Waals surface area contributed by atoms with Gasteiger partial charge in [0.2, 0.25) is 5.43 Å². The molecule has 0 amide bonds. The van der Waals surface area contributed by atoms with E-state index in [1.165, 1.54) is 24.3 Å². The smallest absolute Gasteiger partial charge is 0.416 e. The second-order valence-electron chi connectivity index (χ2n) is 5.55. The quantitative estimate of drug-likeness (QED) is 0.756. The average molecular weight is 347 g/mol. The molecule has 1 aromatic heterocycles. The van der Waals surface area contributed by atoms with E-state index in [1.807, 2.05) is 0 Å². The molecule has 0 bridgehead atoms. The van der Waals surface area contributed by atoms with Gasteiger partial charge in [-0.2, -0.15) is 13.2 Å². The second-order valence-corrected chi connectivity index (χ2v) is 5.55. The van der Waals surface area contributed by atoms with E-state index in [1.54, 1.807) is 12.1 Å². The van der Waals surface area contributed by atoms with Gasteiger partial charge in [0.05, 0.1) is 5.56 Å². The third-order valence-corrected chi connectivity index (χ3v) is 3.89. The number of hydrogen-bond donors (Lipinski definition) is 2. The molecule has 25 heavy (non-hydrogen) atoms. The van der Waals surface area contributed by atoms with Crippen LogP contribution in [0.1, 0.15) is 27.0 Å². The van der Waals surface area contributed by atoms with Crippen LogP contribution < -0.4 is 5.43 Å². The molecule has 0 saturated carbocycles. The molecule has 0 aliphatic carbocycles. The number of fused-ring (bicyclic) bond motifs is 1. The van der Waals surface area contributed by atoms with Gasteiger partial charge in [-0.3, -0.25) is 4.79 Å². The maximum absolute atomic E-state index is 13.1. The maximum atomic E-state index is 13.1. The number of rotatable bonds is 3. The first-order valence-corrected chi connectivity index (χ1v) is 7.30. The lowest BCUT2D eigenvalue weighted by Gasteiger charge is -2.13. The Bertz CT molecular complexity index is 1020. The van der Waals surface area contributed by atoms with Gasteiger partial charge in [-0.05, 0) is 35.7 Å². The van der Waals surface area contributed by atoms with Crippen molar-refractivity contribution in [1.29, 1.82) is 0 Å². The summed E-state index contributed by atoms with van der Waals surface area (Å²) in [5.41, 5.74) is -0.837. The molecular weight excluding hydrogens is 335 g/mol. The van der Waals surface area contributed by atoms with Gasteiger partial charge in [-0.1, -0.05) is 24.3 Å². The lowest BCUT2D eigenvalue weighted by molar-refractivity contribution is -0.138. The molecule has 0 saturated heterocycles. The molecule has 128 valence electrons. The Labute approximate surface area is 139 Å². The number of pyridine rings is 1. The zero-order valence-corrected chi connectivity index (χ0v) is 12.7. The van der Waals surface area contributed by atoms with Gasteiger partial charge in [-0.25, -0.2) is 4.79 Å². The maximum Gasteiger partial charge on any atom is 0.416 e. The second kappa shape index (κ2) is 6.08. The average Bonchev–Trinajstić information content (AvgIpc) is 2.55. The van der Waals surface area contributed by atoms with Gasteiger partial charge in [0.15, 0.2) is 0 Å². The highest BCUT2D eigenvalue weighted by molar-refractivity contribution is 5.92. The number of aromatic nitrogens is 1. The Kier molecular flexibility index (Phi) is 4.08. The molecule has 0 aliphatic rings. The summed E-state index contributed by atoms with van der Waals surface area (Å²) in [4.78, 5) is 26.0. The van der Waals surface area contributed by atoms with Gasteiger partial charge < -0.3 is 10.1 Å². The summed E-state index contributed by atoms with van der Waals surface area (Å²) in [5.74, 6) is -1.36. The van der Waals surface area contributed by atoms with Crippen LogP contribution in [0, 0.1) is 0 Å². The van der Waals surface area contributed by atoms with E-state index in [0.717, 1.165) is 12.3 Å². The molecule has 0 aliphatic heterocycles. The van der Waals surface area contributed by atoms with Crippen LogP contribution in [0.15, 0.2) is 53.5 Å². The van der Waals surface area contributed by atoms with Gasteiger partial charge >= 0.3 is 12.1 Å². The number of nitrogens with one attached hydrogen (secondary N) is 1. The van der Waals surface area contributed by atoms with Crippen molar-refractivity contribution in [2.24, 2.45) is 0 Å². The fourth-order valence-electron chi connectivity index (χ4n) is 2.71. The normalized spacial score (nSPS) is 11.6. The molecule has 4 nitrogen and oxygen atoms in total. The minimum atomic E-state index is -4.47. The van der Waals surface area contributed by atoms with Crippen LogP contribution in [0.5, 0.6) is 0 Å². The number of carboxylic acids is 1. The van der Waals surface area contributed by atoms with Crippen molar-refractivity contribution in [1.82, 2.24) is 4.98 Å². The molecule has 7 heteroatoms. The highest BCUT2D eigenvalue weighted by Crippen LogP contribution is 2.33. The number of alkyl halides is 3. The molecule has 0 fully saturated rings. The Morgan fingerprint density at radius 1 is 1.12 bits per heavy atom. The van der Waals surface area contributed by atoms with Crippen LogP contribution >= 0.6 is 0 Å². The Morgan fingerprint density at radius 2 is 1.84 bits per heavy atom. The number of carboxylic acid groups (broad SMARTS) is 1. The number of hydrogen-bond acceptors (Lipinski definition) is 2. The molecule has 3 rings (SSSR count). The standard InChI is InChI=1S/C18H12F3NO3/c19-18(20,21)14-4-2-1-3-11(14)7-10-5-6-15-12(8-10)16(23)13(9-22-15)17(24)25/h1-6,8-9H,7H2,(H,22,23)(H,24,25). The third kappa shape index (κ3) is 3.26. The van der Waals surface area contributed by atoms with Crippen LogP contribution in [0.25, 0.3) is 10.9 Å². The van der Waals surface area contributed by atoms with Gasteiger partial charge in [0.25, 0.3) is 0 Å². The molecule has 3 aromatic rings. The lowest BCUT2D eigenvalue weighted by atomic mass is 9.98. The number of aromatic carboxylic acids is 1. The van der Waals surface area contributed by atoms with E-state index in [4.69, 9.17) is 5.11 Å². The molecule has 0 unspecified atom stereocenters. The number of carbonyl (C=O) groups is 1. The van der Waals surface area contributed by atoms with Gasteiger partial charge in [-0.15, -0.1) is 0 Å². The van der Waals surface area contributed by atoms with Crippen LogP contribution in [-0.2, 0) is 12.6 Å². The fourth-order valence-corrected chi connectivity index (χ4v) is 2.71. The monoisotopic (exact) mass is 347 g/mol. The van der Waals surface area contributed by atoms with Crippen LogP contribution in [0.4, 0.5) is 13.2 Å². The highest BCUT2D eigenvalue weighted by atomic mass is 19.4. The summed E-state index contributed by atoms with van der Waals surface area (Å²) in [6.07, 6.45) is -3.39. The predicted octanol–water partition coefficient (Wildman–Crippen LogP) is 3.84. The fraction of sp³-hybridized carbons (Fsp3) is 0.111. The lowest BCUT2D eigenvalue weighted by Crippen LogP contribution is -2.15. The first-order valence-electron chi connectivity index (χ1n) is 7.30. The largest absolute Gasteiger partial charge is 0.477 e. The molecular formula is C18H12F3NO3. The summed E-state index contributed by atoms with van der Waals surface area (Å²) in [6.45, 7) is 0. The molecule has 0 atom stereocenters. The Hall–Kier alpha value is -3.09. The predicted molar refractivity (Wildman–Crippen MR) is 85.8 cm³/mol. The van der Waals surface area contributed by atoms with Crippen molar-refractivity contribution in [3.05, 3.63) is 81.1 Å². The van der Waals surface area contributed by atoms with Gasteiger partial charge in [0, 0.05) is 17.1 Å². The molecule has 0 spiro atoms. The summed E-state index contributed by atoms with van der Waals surface area (Å²) in [5, 5.41) is 9.14. The summed E-state index contributed by atoms with van der Waals surface area (Å²) < 4.78 is 39.3. The zero-order valence-electron chi connectivity index (χ0n) is 12.7. The number of halogens is 3. The molecule has 2 aromatic carbocycles. The summed E-state index contributed by atoms with van der Waals surface area (Å²) >= 11 is 0. The minimum Gasteiger partial charge on any atom is -0.477 e. The summed E-state index contributed by atoms with van der Waals surface area (Å²) in [7, 11) is 0. The van der Waals surface area contributed by atoms with Crippen molar-refractivity contribution in [3.8, 4) is 0 Å². The van der Waals surface area contributed by atoms with Gasteiger partial charge in [0.1, 0.15) is 5.56 Å². The van der Waals surface area contributed by atoms with E-state index in [2.05, 4.69) is 4.98 Å². The molecule has 1 heterocycles. The van der Waals surface area contributed by atoms with E-state index < -0.39 is 28.7 Å². The zero-order chi connectivity index (χ0) is 18.2. The van der Waals surface area contributed by atoms with Crippen molar-refractivity contribution in [3.63, 3.8) is 0 Å². The SMILES string of the molecule is O=C(O)c1c[nH]c2ccc(Cc3ccccc3C(F)(F)F)cc2c1=O. The van der Waals surface area contributed by atoms with Crippen LogP contribution in [-0.4, -0.2) is 16.1 Å². The van der Waals surface area contributed by atoms with Crippen LogP contribution in [0.3, 0.4) is 0 Å². The van der Waals surface area contributed by atoms with Crippen molar-refractivity contribution < 1.29 is 23.1 Å². The van der Waals surface area contributed by atoms with E-state index in [-0.39, 0.29) is 17.4 Å². The van der Waals surface area contributed by atoms with E-state index in [0.29, 0.717) is 11.1 Å². The number of benzene rings is 2. The Balaban J connectivity index is 2.08. The van der Waals surface area contributed by atoms with E-state index >= 15 is 0 Å². The molecule has 2 N–H and O–H groups in total. The van der Waals surface area contributed by atoms with Crippen molar-refractivity contribution in [2.45, 2.75) is 12.6 Å². The third-order valence-electron chi connectivity index (χ3n) is 3.89. The minimum absolute atomic E-state index is 0.0254. The van der Waals surface area contributed by atoms with Crippen molar-refractivity contribution >= 4 is 16.9 Å². The summed E-state index contributed by atoms with van der Waals surface area (Å²) in [6, 6.07) is 9.79. The highest BCUT2D eigenvalue weighted by Gasteiger charge is 2.32. The van der Waals surface area contributed by atoms with Crippen LogP contribution in [0.2, 0.25) is 0 Å². The topological polar surface area (TPSA) is 70.2 Å². The first kappa shape index (κ1) is 16.8. The molecule has 0 radical (unpaired) electrons.